The van der Waals surface area contributed by atoms with Gasteiger partial charge in [0.2, 0.25) is 5.43 Å². The number of aromatic nitrogens is 2. The third-order valence-corrected chi connectivity index (χ3v) is 2.48. The molecule has 0 atom stereocenters. The fourth-order valence-corrected chi connectivity index (χ4v) is 1.61. The van der Waals surface area contributed by atoms with Crippen molar-refractivity contribution in [3.8, 4) is 0 Å². The van der Waals surface area contributed by atoms with Gasteiger partial charge in [-0.15, -0.1) is 0 Å². The Bertz CT molecular complexity index is 631. The van der Waals surface area contributed by atoms with Gasteiger partial charge < -0.3 is 9.72 Å². The smallest absolute Gasteiger partial charge is 0.343 e. The summed E-state index contributed by atoms with van der Waals surface area (Å²) < 4.78 is 4.80. The highest BCUT2D eigenvalue weighted by Crippen LogP contribution is 2.10. The molecule has 0 unspecified atom stereocenters. The number of aryl methyl sites for hydroxylation is 1. The molecule has 0 fully saturated rings. The molecule has 2 aromatic heterocycles. The Hall–Kier alpha value is -2.17. The largest absolute Gasteiger partial charge is 0.462 e. The topological polar surface area (TPSA) is 72.1 Å². The summed E-state index contributed by atoms with van der Waals surface area (Å²) in [5.74, 6) is -0.626. The molecule has 0 aromatic carbocycles. The van der Waals surface area contributed by atoms with Crippen LogP contribution in [0.5, 0.6) is 0 Å². The van der Waals surface area contributed by atoms with Gasteiger partial charge in [0.15, 0.2) is 0 Å². The standard InChI is InChI=1S/C12H12N2O3/c1-3-17-12(16)8-6-14-9-7(2)4-5-13-10(9)11(8)15/h4-6H,3H2,1-2H3,(H,14,15). The Morgan fingerprint density at radius 3 is 3.00 bits per heavy atom. The van der Waals surface area contributed by atoms with Crippen LogP contribution in [0, 0.1) is 6.92 Å². The van der Waals surface area contributed by atoms with Crippen LogP contribution < -0.4 is 5.43 Å². The van der Waals surface area contributed by atoms with E-state index in [1.54, 1.807) is 19.2 Å². The lowest BCUT2D eigenvalue weighted by atomic mass is 10.2. The summed E-state index contributed by atoms with van der Waals surface area (Å²) in [6.07, 6.45) is 2.92. The SMILES string of the molecule is CCOC(=O)c1c[nH]c2c(C)ccnc2c1=O. The van der Waals surface area contributed by atoms with Crippen LogP contribution in [0.4, 0.5) is 0 Å². The molecule has 2 heterocycles. The molecule has 0 bridgehead atoms. The number of hydrogen-bond acceptors (Lipinski definition) is 4. The van der Waals surface area contributed by atoms with E-state index >= 15 is 0 Å². The third kappa shape index (κ3) is 1.91. The van der Waals surface area contributed by atoms with Crippen LogP contribution in [0.15, 0.2) is 23.3 Å². The second kappa shape index (κ2) is 4.37. The number of esters is 1. The summed E-state index contributed by atoms with van der Waals surface area (Å²) in [5, 5.41) is 0. The van der Waals surface area contributed by atoms with Crippen molar-refractivity contribution in [1.29, 1.82) is 0 Å². The van der Waals surface area contributed by atoms with Gasteiger partial charge in [-0.3, -0.25) is 9.78 Å². The number of pyridine rings is 2. The van der Waals surface area contributed by atoms with Crippen molar-refractivity contribution in [3.05, 3.63) is 39.8 Å². The Labute approximate surface area is 97.4 Å². The summed E-state index contributed by atoms with van der Waals surface area (Å²) >= 11 is 0. The highest BCUT2D eigenvalue weighted by molar-refractivity contribution is 5.92. The second-order valence-corrected chi connectivity index (χ2v) is 3.60. The quantitative estimate of drug-likeness (QED) is 0.794. The van der Waals surface area contributed by atoms with Gasteiger partial charge in [0.25, 0.3) is 0 Å². The number of aromatic amines is 1. The van der Waals surface area contributed by atoms with Crippen LogP contribution in [0.2, 0.25) is 0 Å². The van der Waals surface area contributed by atoms with E-state index in [9.17, 15) is 9.59 Å². The molecule has 1 N–H and O–H groups in total. The van der Waals surface area contributed by atoms with E-state index in [1.807, 2.05) is 6.92 Å². The number of fused-ring (bicyclic) bond motifs is 1. The van der Waals surface area contributed by atoms with Crippen molar-refractivity contribution in [2.24, 2.45) is 0 Å². The number of carbonyl (C=O) groups is 1. The lowest BCUT2D eigenvalue weighted by Crippen LogP contribution is -2.19. The van der Waals surface area contributed by atoms with Gasteiger partial charge in [0.1, 0.15) is 11.1 Å². The average molecular weight is 232 g/mol. The number of hydrogen-bond donors (Lipinski definition) is 1. The molecule has 88 valence electrons. The molecule has 0 radical (unpaired) electrons. The maximum absolute atomic E-state index is 12.0. The van der Waals surface area contributed by atoms with Gasteiger partial charge in [-0.2, -0.15) is 0 Å². The van der Waals surface area contributed by atoms with Crippen LogP contribution in [0.3, 0.4) is 0 Å². The molecule has 2 rings (SSSR count). The zero-order valence-electron chi connectivity index (χ0n) is 9.61. The van der Waals surface area contributed by atoms with Crippen LogP contribution in [-0.4, -0.2) is 22.5 Å². The molecule has 0 saturated carbocycles. The summed E-state index contributed by atoms with van der Waals surface area (Å²) in [7, 11) is 0. The monoisotopic (exact) mass is 232 g/mol. The molecule has 2 aromatic rings. The van der Waals surface area contributed by atoms with Crippen molar-refractivity contribution in [2.75, 3.05) is 6.61 Å². The molecule has 17 heavy (non-hydrogen) atoms. The molecule has 5 nitrogen and oxygen atoms in total. The van der Waals surface area contributed by atoms with Crippen LogP contribution in [0.25, 0.3) is 11.0 Å². The molecule has 0 aliphatic heterocycles. The maximum atomic E-state index is 12.0. The number of rotatable bonds is 2. The molecule has 0 aliphatic rings. The first-order chi connectivity index (χ1) is 8.15. The van der Waals surface area contributed by atoms with Crippen molar-refractivity contribution in [1.82, 2.24) is 9.97 Å². The van der Waals surface area contributed by atoms with Crippen LogP contribution in [0.1, 0.15) is 22.8 Å². The zero-order valence-corrected chi connectivity index (χ0v) is 9.61. The van der Waals surface area contributed by atoms with Crippen molar-refractivity contribution < 1.29 is 9.53 Å². The van der Waals surface area contributed by atoms with Gasteiger partial charge in [-0.25, -0.2) is 4.79 Å². The predicted molar refractivity (Wildman–Crippen MR) is 63.1 cm³/mol. The number of carbonyl (C=O) groups excluding carboxylic acids is 1. The fraction of sp³-hybridized carbons (Fsp3) is 0.250. The summed E-state index contributed by atoms with van der Waals surface area (Å²) in [5.41, 5.74) is 1.39. The molecular weight excluding hydrogens is 220 g/mol. The fourth-order valence-electron chi connectivity index (χ4n) is 1.61. The van der Waals surface area contributed by atoms with Crippen LogP contribution in [-0.2, 0) is 4.74 Å². The molecule has 0 amide bonds. The summed E-state index contributed by atoms with van der Waals surface area (Å²) in [4.78, 5) is 30.4. The van der Waals surface area contributed by atoms with E-state index < -0.39 is 11.4 Å². The van der Waals surface area contributed by atoms with Gasteiger partial charge in [-0.05, 0) is 25.5 Å². The zero-order chi connectivity index (χ0) is 12.4. The Kier molecular flexibility index (Phi) is 2.91. The van der Waals surface area contributed by atoms with Gasteiger partial charge in [-0.1, -0.05) is 0 Å². The number of ether oxygens (including phenoxy) is 1. The third-order valence-electron chi connectivity index (χ3n) is 2.48. The first-order valence-electron chi connectivity index (χ1n) is 5.29. The lowest BCUT2D eigenvalue weighted by Gasteiger charge is -2.04. The Morgan fingerprint density at radius 1 is 1.53 bits per heavy atom. The van der Waals surface area contributed by atoms with E-state index in [0.717, 1.165) is 5.56 Å². The van der Waals surface area contributed by atoms with E-state index in [2.05, 4.69) is 9.97 Å². The van der Waals surface area contributed by atoms with Crippen molar-refractivity contribution >= 4 is 17.0 Å². The van der Waals surface area contributed by atoms with E-state index in [-0.39, 0.29) is 17.7 Å². The minimum absolute atomic E-state index is 0.0162. The molecule has 0 aliphatic carbocycles. The normalized spacial score (nSPS) is 10.5. The number of nitrogens with zero attached hydrogens (tertiary/aromatic N) is 1. The summed E-state index contributed by atoms with van der Waals surface area (Å²) in [6, 6.07) is 1.79. The predicted octanol–water partition coefficient (Wildman–Crippen LogP) is 1.41. The minimum atomic E-state index is -0.626. The Balaban J connectivity index is 2.67. The molecule has 0 saturated heterocycles. The van der Waals surface area contributed by atoms with Gasteiger partial charge in [0.05, 0.1) is 12.1 Å². The van der Waals surface area contributed by atoms with Crippen molar-refractivity contribution in [2.45, 2.75) is 13.8 Å². The maximum Gasteiger partial charge on any atom is 0.343 e. The highest BCUT2D eigenvalue weighted by Gasteiger charge is 2.14. The number of H-pyrrole nitrogens is 1. The van der Waals surface area contributed by atoms with Crippen LogP contribution >= 0.6 is 0 Å². The summed E-state index contributed by atoms with van der Waals surface area (Å²) in [6.45, 7) is 3.79. The number of nitrogens with one attached hydrogen (secondary N) is 1. The Morgan fingerprint density at radius 2 is 2.29 bits per heavy atom. The van der Waals surface area contributed by atoms with Crippen molar-refractivity contribution in [3.63, 3.8) is 0 Å². The second-order valence-electron chi connectivity index (χ2n) is 3.60. The molecule has 5 heteroatoms. The molecular formula is C12H12N2O3. The average Bonchev–Trinajstić information content (AvgIpc) is 2.31. The van der Waals surface area contributed by atoms with E-state index in [0.29, 0.717) is 5.52 Å². The first kappa shape index (κ1) is 11.3. The van der Waals surface area contributed by atoms with E-state index in [1.165, 1.54) is 6.20 Å². The minimum Gasteiger partial charge on any atom is -0.462 e. The van der Waals surface area contributed by atoms with E-state index in [4.69, 9.17) is 4.74 Å². The highest BCUT2D eigenvalue weighted by atomic mass is 16.5. The lowest BCUT2D eigenvalue weighted by molar-refractivity contribution is 0.0524. The molecule has 0 spiro atoms. The first-order valence-corrected chi connectivity index (χ1v) is 5.29. The van der Waals surface area contributed by atoms with Gasteiger partial charge in [0, 0.05) is 12.4 Å². The van der Waals surface area contributed by atoms with Gasteiger partial charge >= 0.3 is 5.97 Å².